The van der Waals surface area contributed by atoms with Crippen molar-refractivity contribution in [2.24, 2.45) is 10.7 Å². The molecule has 4 heteroatoms. The molecule has 0 bridgehead atoms. The van der Waals surface area contributed by atoms with E-state index in [4.69, 9.17) is 5.73 Å². The summed E-state index contributed by atoms with van der Waals surface area (Å²) in [5.74, 6) is 0.771. The summed E-state index contributed by atoms with van der Waals surface area (Å²) >= 11 is 0. The molecule has 0 aromatic carbocycles. The largest absolute Gasteiger partial charge is 0.387 e. The summed E-state index contributed by atoms with van der Waals surface area (Å²) in [6, 6.07) is 1.93. The van der Waals surface area contributed by atoms with Crippen LogP contribution < -0.4 is 5.73 Å². The lowest BCUT2D eigenvalue weighted by molar-refractivity contribution is 0.585. The summed E-state index contributed by atoms with van der Waals surface area (Å²) in [5.41, 5.74) is 5.67. The Morgan fingerprint density at radius 2 is 2.43 bits per heavy atom. The van der Waals surface area contributed by atoms with Crippen molar-refractivity contribution in [3.63, 3.8) is 0 Å². The predicted octanol–water partition coefficient (Wildman–Crippen LogP) is 1.43. The zero-order valence-electron chi connectivity index (χ0n) is 8.69. The van der Waals surface area contributed by atoms with E-state index in [2.05, 4.69) is 17.0 Å². The maximum Gasteiger partial charge on any atom is 0.0936 e. The molecule has 1 aromatic heterocycles. The average Bonchev–Trinajstić information content (AvgIpc) is 2.65. The van der Waals surface area contributed by atoms with Crippen molar-refractivity contribution in [3.8, 4) is 0 Å². The van der Waals surface area contributed by atoms with Crippen molar-refractivity contribution in [1.82, 2.24) is 9.78 Å². The van der Waals surface area contributed by atoms with Gasteiger partial charge in [0.1, 0.15) is 0 Å². The van der Waals surface area contributed by atoms with E-state index in [1.165, 1.54) is 0 Å². The van der Waals surface area contributed by atoms with Crippen LogP contribution in [0.15, 0.2) is 23.5 Å². The molecule has 0 spiro atoms. The Kier molecular flexibility index (Phi) is 4.75. The lowest BCUT2D eigenvalue weighted by Crippen LogP contribution is -2.12. The van der Waals surface area contributed by atoms with Gasteiger partial charge in [-0.15, -0.1) is 0 Å². The molecule has 0 aliphatic carbocycles. The number of rotatable bonds is 6. The van der Waals surface area contributed by atoms with Gasteiger partial charge in [0.25, 0.3) is 0 Å². The van der Waals surface area contributed by atoms with Gasteiger partial charge >= 0.3 is 0 Å². The minimum atomic E-state index is 0.771. The molecule has 0 aliphatic rings. The Labute approximate surface area is 84.8 Å². The lowest BCUT2D eigenvalue weighted by Gasteiger charge is -2.00. The van der Waals surface area contributed by atoms with E-state index >= 15 is 0 Å². The van der Waals surface area contributed by atoms with Crippen LogP contribution in [0.1, 0.15) is 26.2 Å². The van der Waals surface area contributed by atoms with Gasteiger partial charge in [-0.05, 0) is 18.9 Å². The van der Waals surface area contributed by atoms with Crippen LogP contribution in [0.5, 0.6) is 0 Å². The first-order valence-electron chi connectivity index (χ1n) is 5.09. The predicted molar refractivity (Wildman–Crippen MR) is 58.2 cm³/mol. The number of aliphatic imine (C=N–C) groups is 1. The molecular weight excluding hydrogens is 176 g/mol. The summed E-state index contributed by atoms with van der Waals surface area (Å²) in [4.78, 5) is 4.27. The Morgan fingerprint density at radius 1 is 1.57 bits per heavy atom. The number of hydrogen-bond acceptors (Lipinski definition) is 2. The molecule has 1 aromatic rings. The van der Waals surface area contributed by atoms with Crippen molar-refractivity contribution >= 4 is 5.84 Å². The van der Waals surface area contributed by atoms with Crippen molar-refractivity contribution in [3.05, 3.63) is 18.5 Å². The fraction of sp³-hybridized carbons (Fsp3) is 0.600. The third-order valence-electron chi connectivity index (χ3n) is 1.93. The van der Waals surface area contributed by atoms with Gasteiger partial charge in [-0.2, -0.15) is 5.10 Å². The number of aromatic nitrogens is 2. The number of hydrogen-bond donors (Lipinski definition) is 1. The van der Waals surface area contributed by atoms with Gasteiger partial charge in [-0.1, -0.05) is 6.92 Å². The first kappa shape index (κ1) is 10.8. The molecule has 0 amide bonds. The minimum Gasteiger partial charge on any atom is -0.387 e. The molecule has 0 radical (unpaired) electrons. The van der Waals surface area contributed by atoms with Crippen molar-refractivity contribution in [1.29, 1.82) is 0 Å². The van der Waals surface area contributed by atoms with Crippen molar-refractivity contribution in [2.45, 2.75) is 32.7 Å². The highest BCUT2D eigenvalue weighted by Crippen LogP contribution is 1.92. The van der Waals surface area contributed by atoms with Gasteiger partial charge < -0.3 is 5.73 Å². The molecule has 2 N–H and O–H groups in total. The van der Waals surface area contributed by atoms with Crippen molar-refractivity contribution in [2.75, 3.05) is 6.54 Å². The molecule has 14 heavy (non-hydrogen) atoms. The second-order valence-electron chi connectivity index (χ2n) is 3.25. The van der Waals surface area contributed by atoms with Crippen LogP contribution in [-0.4, -0.2) is 22.2 Å². The minimum absolute atomic E-state index is 0.771. The Morgan fingerprint density at radius 3 is 3.07 bits per heavy atom. The normalized spacial score (nSPS) is 11.9. The summed E-state index contributed by atoms with van der Waals surface area (Å²) in [6.45, 7) is 3.81. The SMILES string of the molecule is CCCC(N)=NCCCn1cccn1. The summed E-state index contributed by atoms with van der Waals surface area (Å²) in [7, 11) is 0. The van der Waals surface area contributed by atoms with Crippen LogP contribution in [0.4, 0.5) is 0 Å². The van der Waals surface area contributed by atoms with Crippen LogP contribution in [0, 0.1) is 0 Å². The molecule has 1 rings (SSSR count). The van der Waals surface area contributed by atoms with E-state index in [9.17, 15) is 0 Å². The number of amidine groups is 1. The highest BCUT2D eigenvalue weighted by atomic mass is 15.3. The monoisotopic (exact) mass is 194 g/mol. The van der Waals surface area contributed by atoms with Gasteiger partial charge in [0.05, 0.1) is 5.84 Å². The molecule has 0 saturated carbocycles. The average molecular weight is 194 g/mol. The molecule has 0 unspecified atom stereocenters. The quantitative estimate of drug-likeness (QED) is 0.423. The maximum atomic E-state index is 5.67. The fourth-order valence-corrected chi connectivity index (χ4v) is 1.22. The zero-order valence-corrected chi connectivity index (χ0v) is 8.69. The van der Waals surface area contributed by atoms with E-state index in [-0.39, 0.29) is 0 Å². The highest BCUT2D eigenvalue weighted by Gasteiger charge is 1.91. The Balaban J connectivity index is 2.13. The molecule has 0 aliphatic heterocycles. The fourth-order valence-electron chi connectivity index (χ4n) is 1.22. The first-order chi connectivity index (χ1) is 6.83. The summed E-state index contributed by atoms with van der Waals surface area (Å²) in [6.07, 6.45) is 6.70. The molecule has 0 fully saturated rings. The van der Waals surface area contributed by atoms with Gasteiger partial charge in [0.2, 0.25) is 0 Å². The number of nitrogens with zero attached hydrogens (tertiary/aromatic N) is 3. The maximum absolute atomic E-state index is 5.67. The molecule has 1 heterocycles. The second-order valence-corrected chi connectivity index (χ2v) is 3.25. The number of aryl methyl sites for hydroxylation is 1. The Hall–Kier alpha value is -1.32. The van der Waals surface area contributed by atoms with E-state index in [0.29, 0.717) is 0 Å². The number of nitrogens with two attached hydrogens (primary N) is 1. The lowest BCUT2D eigenvalue weighted by atomic mass is 10.3. The van der Waals surface area contributed by atoms with Crippen LogP contribution in [0.2, 0.25) is 0 Å². The van der Waals surface area contributed by atoms with Gasteiger partial charge in [-0.3, -0.25) is 9.67 Å². The van der Waals surface area contributed by atoms with Crippen molar-refractivity contribution < 1.29 is 0 Å². The molecule has 4 nitrogen and oxygen atoms in total. The van der Waals surface area contributed by atoms with E-state index < -0.39 is 0 Å². The topological polar surface area (TPSA) is 56.2 Å². The van der Waals surface area contributed by atoms with Crippen LogP contribution in [-0.2, 0) is 6.54 Å². The standard InChI is InChI=1S/C10H18N4/c1-2-5-10(11)12-6-3-8-14-9-4-7-13-14/h4,7,9H,2-3,5-6,8H2,1H3,(H2,11,12). The van der Waals surface area contributed by atoms with Crippen LogP contribution in [0.3, 0.4) is 0 Å². The van der Waals surface area contributed by atoms with Crippen LogP contribution >= 0.6 is 0 Å². The molecular formula is C10H18N4. The Bertz CT molecular complexity index is 264. The third-order valence-corrected chi connectivity index (χ3v) is 1.93. The zero-order chi connectivity index (χ0) is 10.2. The molecule has 78 valence electrons. The van der Waals surface area contributed by atoms with Crippen LogP contribution in [0.25, 0.3) is 0 Å². The second kappa shape index (κ2) is 6.18. The molecule has 0 atom stereocenters. The highest BCUT2D eigenvalue weighted by molar-refractivity contribution is 5.80. The van der Waals surface area contributed by atoms with Gasteiger partial charge in [0.15, 0.2) is 0 Å². The summed E-state index contributed by atoms with van der Waals surface area (Å²) < 4.78 is 1.91. The smallest absolute Gasteiger partial charge is 0.0936 e. The van der Waals surface area contributed by atoms with E-state index in [1.807, 2.05) is 16.9 Å². The first-order valence-corrected chi connectivity index (χ1v) is 5.09. The summed E-state index contributed by atoms with van der Waals surface area (Å²) in [5, 5.41) is 4.11. The van der Waals surface area contributed by atoms with E-state index in [0.717, 1.165) is 38.2 Å². The molecule has 0 saturated heterocycles. The van der Waals surface area contributed by atoms with Gasteiger partial charge in [-0.25, -0.2) is 0 Å². The third kappa shape index (κ3) is 4.07. The van der Waals surface area contributed by atoms with Gasteiger partial charge in [0, 0.05) is 31.9 Å². The van der Waals surface area contributed by atoms with E-state index in [1.54, 1.807) is 6.20 Å².